The highest BCUT2D eigenvalue weighted by Crippen LogP contribution is 2.59. The van der Waals surface area contributed by atoms with Crippen molar-refractivity contribution < 1.29 is 24.4 Å². The fraction of sp³-hybridized carbons (Fsp3) is 0.538. The third-order valence-corrected chi connectivity index (χ3v) is 6.84. The lowest BCUT2D eigenvalue weighted by Crippen LogP contribution is -2.43. The molecule has 0 spiro atoms. The topological polar surface area (TPSA) is 80.2 Å². The molecule has 1 saturated carbocycles. The highest BCUT2D eigenvalue weighted by molar-refractivity contribution is 5.55. The molecule has 3 N–H and O–H groups in total. The van der Waals surface area contributed by atoms with E-state index in [2.05, 4.69) is 11.4 Å². The van der Waals surface area contributed by atoms with Crippen LogP contribution in [0.2, 0.25) is 0 Å². The van der Waals surface area contributed by atoms with Gasteiger partial charge in [0.2, 0.25) is 0 Å². The second kappa shape index (κ2) is 10.1. The molecule has 0 aliphatic heterocycles. The minimum absolute atomic E-state index is 0.195. The van der Waals surface area contributed by atoms with Gasteiger partial charge in [-0.1, -0.05) is 37.5 Å². The molecule has 0 radical (unpaired) electrons. The lowest BCUT2D eigenvalue weighted by Gasteiger charge is -2.47. The molecule has 3 atom stereocenters. The number of hydrogen-bond acceptors (Lipinski definition) is 6. The first-order valence-electron chi connectivity index (χ1n) is 11.6. The van der Waals surface area contributed by atoms with E-state index in [1.165, 1.54) is 18.4 Å². The van der Waals surface area contributed by atoms with Gasteiger partial charge in [-0.25, -0.2) is 0 Å². The molecular weight excluding hydrogens is 406 g/mol. The summed E-state index contributed by atoms with van der Waals surface area (Å²) in [4.78, 5) is 0. The van der Waals surface area contributed by atoms with Gasteiger partial charge in [0.05, 0.1) is 14.2 Å². The largest absolute Gasteiger partial charge is 0.493 e. The fourth-order valence-corrected chi connectivity index (χ4v) is 5.17. The first-order chi connectivity index (χ1) is 15.6. The van der Waals surface area contributed by atoms with Crippen LogP contribution in [0.25, 0.3) is 0 Å². The summed E-state index contributed by atoms with van der Waals surface area (Å²) >= 11 is 0. The Hall–Kier alpha value is -2.28. The molecule has 0 aromatic heterocycles. The first kappa shape index (κ1) is 22.9. The van der Waals surface area contributed by atoms with Crippen LogP contribution in [0.5, 0.6) is 17.2 Å². The van der Waals surface area contributed by atoms with Crippen LogP contribution in [0.15, 0.2) is 36.4 Å². The van der Waals surface area contributed by atoms with Crippen molar-refractivity contribution in [2.45, 2.75) is 56.1 Å². The van der Waals surface area contributed by atoms with Crippen LogP contribution < -0.4 is 19.5 Å². The van der Waals surface area contributed by atoms with Crippen molar-refractivity contribution >= 4 is 0 Å². The Balaban J connectivity index is 1.25. The third-order valence-electron chi connectivity index (χ3n) is 6.84. The van der Waals surface area contributed by atoms with Gasteiger partial charge in [-0.15, -0.1) is 0 Å². The number of aliphatic hydroxyl groups excluding tert-OH is 1. The number of aliphatic hydroxyl groups is 2. The predicted octanol–water partition coefficient (Wildman–Crippen LogP) is 3.52. The zero-order valence-corrected chi connectivity index (χ0v) is 19.1. The summed E-state index contributed by atoms with van der Waals surface area (Å²) in [5.74, 6) is 2.38. The summed E-state index contributed by atoms with van der Waals surface area (Å²) in [6.45, 7) is 1.37. The molecule has 0 heterocycles. The molecule has 6 heteroatoms. The molecule has 4 rings (SSSR count). The minimum atomic E-state index is -0.759. The third kappa shape index (κ3) is 4.58. The van der Waals surface area contributed by atoms with Crippen LogP contribution in [0, 0.1) is 0 Å². The first-order valence-corrected chi connectivity index (χ1v) is 11.6. The number of rotatable bonds is 10. The average Bonchev–Trinajstić information content (AvgIpc) is 2.97. The van der Waals surface area contributed by atoms with E-state index in [1.54, 1.807) is 14.2 Å². The van der Waals surface area contributed by atoms with Crippen LogP contribution in [-0.4, -0.2) is 50.2 Å². The Bertz CT molecular complexity index is 917. The Morgan fingerprint density at radius 3 is 2.72 bits per heavy atom. The van der Waals surface area contributed by atoms with E-state index in [0.717, 1.165) is 49.1 Å². The van der Waals surface area contributed by atoms with E-state index in [-0.39, 0.29) is 12.5 Å². The van der Waals surface area contributed by atoms with Crippen molar-refractivity contribution in [2.75, 3.05) is 33.9 Å². The molecular formula is C26H35NO5. The molecule has 6 nitrogen and oxygen atoms in total. The van der Waals surface area contributed by atoms with Gasteiger partial charge >= 0.3 is 0 Å². The van der Waals surface area contributed by atoms with Crippen molar-refractivity contribution in [3.05, 3.63) is 53.1 Å². The van der Waals surface area contributed by atoms with Gasteiger partial charge in [-0.2, -0.15) is 0 Å². The Morgan fingerprint density at radius 2 is 1.91 bits per heavy atom. The van der Waals surface area contributed by atoms with E-state index in [1.807, 2.05) is 30.3 Å². The van der Waals surface area contributed by atoms with Gasteiger partial charge in [0.1, 0.15) is 24.1 Å². The number of benzene rings is 2. The lowest BCUT2D eigenvalue weighted by molar-refractivity contribution is -0.0308. The summed E-state index contributed by atoms with van der Waals surface area (Å²) in [5.41, 5.74) is 2.54. The van der Waals surface area contributed by atoms with Gasteiger partial charge in [0, 0.05) is 18.0 Å². The summed E-state index contributed by atoms with van der Waals surface area (Å²) in [7, 11) is 3.25. The van der Waals surface area contributed by atoms with Crippen LogP contribution in [0.1, 0.15) is 54.7 Å². The van der Waals surface area contributed by atoms with Crippen molar-refractivity contribution in [3.8, 4) is 17.2 Å². The van der Waals surface area contributed by atoms with Crippen molar-refractivity contribution in [3.63, 3.8) is 0 Å². The normalized spacial score (nSPS) is 22.7. The van der Waals surface area contributed by atoms with Crippen LogP contribution >= 0.6 is 0 Å². The molecule has 2 aliphatic carbocycles. The summed E-state index contributed by atoms with van der Waals surface area (Å²) < 4.78 is 16.6. The second-order valence-corrected chi connectivity index (χ2v) is 8.90. The van der Waals surface area contributed by atoms with Crippen LogP contribution in [0.4, 0.5) is 0 Å². The molecule has 2 aliphatic rings. The molecule has 1 unspecified atom stereocenters. The Kier molecular flexibility index (Phi) is 7.23. The highest BCUT2D eigenvalue weighted by atomic mass is 16.5. The van der Waals surface area contributed by atoms with E-state index in [0.29, 0.717) is 18.0 Å². The minimum Gasteiger partial charge on any atom is -0.493 e. The van der Waals surface area contributed by atoms with Crippen molar-refractivity contribution in [2.24, 2.45) is 0 Å². The molecule has 0 amide bonds. The number of hydrogen-bond donors (Lipinski definition) is 3. The molecule has 0 bridgehead atoms. The summed E-state index contributed by atoms with van der Waals surface area (Å²) in [5, 5.41) is 25.0. The molecule has 1 fully saturated rings. The van der Waals surface area contributed by atoms with Gasteiger partial charge in [-0.3, -0.25) is 0 Å². The zero-order valence-electron chi connectivity index (χ0n) is 19.1. The number of methoxy groups -OCH3 is 2. The zero-order chi connectivity index (χ0) is 22.6. The highest BCUT2D eigenvalue weighted by Gasteiger charge is 2.52. The number of nitrogens with one attached hydrogen (secondary N) is 1. The van der Waals surface area contributed by atoms with Gasteiger partial charge in [0.25, 0.3) is 0 Å². The number of fused-ring (bicyclic) bond motifs is 4. The molecule has 2 aromatic rings. The van der Waals surface area contributed by atoms with Crippen molar-refractivity contribution in [1.29, 1.82) is 0 Å². The quantitative estimate of drug-likeness (QED) is 0.490. The molecule has 0 saturated heterocycles. The van der Waals surface area contributed by atoms with Crippen LogP contribution in [0.3, 0.4) is 0 Å². The number of ether oxygens (including phenoxy) is 3. The monoisotopic (exact) mass is 441 g/mol. The SMILES string of the molecule is COc1ccc(CCNCC(O)COc2cccc3c2[C@]2(O)CCCCC[C@H]32)cc1OC. The fourth-order valence-electron chi connectivity index (χ4n) is 5.17. The Morgan fingerprint density at radius 1 is 1.06 bits per heavy atom. The lowest BCUT2D eigenvalue weighted by atomic mass is 9.61. The van der Waals surface area contributed by atoms with E-state index >= 15 is 0 Å². The van der Waals surface area contributed by atoms with E-state index < -0.39 is 11.7 Å². The smallest absolute Gasteiger partial charge is 0.160 e. The maximum Gasteiger partial charge on any atom is 0.160 e. The van der Waals surface area contributed by atoms with Gasteiger partial charge < -0.3 is 29.7 Å². The predicted molar refractivity (Wildman–Crippen MR) is 124 cm³/mol. The maximum atomic E-state index is 11.3. The average molecular weight is 442 g/mol. The molecule has 32 heavy (non-hydrogen) atoms. The second-order valence-electron chi connectivity index (χ2n) is 8.90. The van der Waals surface area contributed by atoms with E-state index in [9.17, 15) is 10.2 Å². The Labute approximate surface area is 190 Å². The summed E-state index contributed by atoms with van der Waals surface area (Å²) in [6.07, 6.45) is 5.42. The van der Waals surface area contributed by atoms with Crippen LogP contribution in [-0.2, 0) is 12.0 Å². The van der Waals surface area contributed by atoms with Gasteiger partial charge in [-0.05, 0) is 55.1 Å². The summed E-state index contributed by atoms with van der Waals surface area (Å²) in [6, 6.07) is 11.9. The standard InChI is InChI=1S/C26H35NO5/c1-30-22-11-10-18(15-24(22)31-2)12-14-27-16-19(28)17-32-23-9-6-7-20-21-8-4-3-5-13-26(21,29)25(20)23/h6-7,9-11,15,19,21,27-29H,3-5,8,12-14,16-17H2,1-2H3/t19?,21-,26+/m1/s1. The van der Waals surface area contributed by atoms with Gasteiger partial charge in [0.15, 0.2) is 11.5 Å². The van der Waals surface area contributed by atoms with E-state index in [4.69, 9.17) is 14.2 Å². The maximum absolute atomic E-state index is 11.3. The molecule has 174 valence electrons. The molecule has 2 aromatic carbocycles. The van der Waals surface area contributed by atoms with Crippen molar-refractivity contribution in [1.82, 2.24) is 5.32 Å².